The second kappa shape index (κ2) is 7.26. The molecule has 10 heteroatoms. The van der Waals surface area contributed by atoms with Crippen molar-refractivity contribution < 1.29 is 18.0 Å². The smallest absolute Gasteiger partial charge is 0.271 e. The van der Waals surface area contributed by atoms with Gasteiger partial charge in [-0.25, -0.2) is 8.42 Å². The second-order valence-corrected chi connectivity index (χ2v) is 10.1. The van der Waals surface area contributed by atoms with E-state index in [1.807, 2.05) is 18.2 Å². The first kappa shape index (κ1) is 19.0. The van der Waals surface area contributed by atoms with Gasteiger partial charge in [0, 0.05) is 32.6 Å². The summed E-state index contributed by atoms with van der Waals surface area (Å²) < 4.78 is 27.2. The molecule has 1 fully saturated rings. The van der Waals surface area contributed by atoms with Crippen molar-refractivity contribution in [3.63, 3.8) is 0 Å². The molecule has 28 heavy (non-hydrogen) atoms. The van der Waals surface area contributed by atoms with Gasteiger partial charge in [-0.2, -0.15) is 4.31 Å². The highest BCUT2D eigenvalue weighted by Gasteiger charge is 2.50. The lowest BCUT2D eigenvalue weighted by Gasteiger charge is -2.21. The monoisotopic (exact) mass is 420 g/mol. The fourth-order valence-electron chi connectivity index (χ4n) is 3.43. The molecule has 1 amide bonds. The Balaban J connectivity index is 1.40. The van der Waals surface area contributed by atoms with E-state index < -0.39 is 15.6 Å². The number of pyridine rings is 1. The first-order valence-electron chi connectivity index (χ1n) is 8.84. The van der Waals surface area contributed by atoms with Crippen molar-refractivity contribution in [3.05, 3.63) is 47.6 Å². The van der Waals surface area contributed by atoms with Gasteiger partial charge in [0.15, 0.2) is 5.60 Å². The van der Waals surface area contributed by atoms with Crippen LogP contribution in [0.4, 0.5) is 0 Å². The van der Waals surface area contributed by atoms with Gasteiger partial charge in [-0.1, -0.05) is 17.3 Å². The van der Waals surface area contributed by atoms with E-state index in [1.54, 1.807) is 35.7 Å². The van der Waals surface area contributed by atoms with Crippen molar-refractivity contribution in [2.24, 2.45) is 5.16 Å². The minimum Gasteiger partial charge on any atom is -0.387 e. The molecule has 8 nitrogen and oxygen atoms in total. The number of hydrogen-bond acceptors (Lipinski definition) is 7. The zero-order valence-electron chi connectivity index (χ0n) is 15.3. The number of carbonyl (C=O) groups is 1. The molecule has 0 bridgehead atoms. The highest BCUT2D eigenvalue weighted by atomic mass is 32.2. The van der Waals surface area contributed by atoms with Crippen molar-refractivity contribution in [3.8, 4) is 0 Å². The topological polar surface area (TPSA) is 92.2 Å². The van der Waals surface area contributed by atoms with Crippen molar-refractivity contribution in [2.45, 2.75) is 29.2 Å². The summed E-state index contributed by atoms with van der Waals surface area (Å²) in [5, 5.41) is 5.74. The summed E-state index contributed by atoms with van der Waals surface area (Å²) in [6, 6.07) is 8.85. The number of amides is 1. The lowest BCUT2D eigenvalue weighted by molar-refractivity contribution is -0.123. The van der Waals surface area contributed by atoms with Gasteiger partial charge < -0.3 is 9.74 Å². The third-order valence-corrected chi connectivity index (χ3v) is 8.15. The number of thiophene rings is 1. The molecule has 2 aromatic rings. The van der Waals surface area contributed by atoms with E-state index in [0.29, 0.717) is 35.9 Å². The molecule has 0 radical (unpaired) electrons. The summed E-state index contributed by atoms with van der Waals surface area (Å²) in [4.78, 5) is 24.1. The van der Waals surface area contributed by atoms with Gasteiger partial charge in [-0.3, -0.25) is 9.78 Å². The van der Waals surface area contributed by atoms with Crippen LogP contribution in [0, 0.1) is 0 Å². The first-order valence-corrected chi connectivity index (χ1v) is 11.2. The maximum atomic E-state index is 12.7. The van der Waals surface area contributed by atoms with Crippen LogP contribution in [0.15, 0.2) is 51.3 Å². The van der Waals surface area contributed by atoms with E-state index in [-0.39, 0.29) is 12.5 Å². The van der Waals surface area contributed by atoms with Crippen molar-refractivity contribution >= 4 is 33.0 Å². The maximum Gasteiger partial charge on any atom is 0.271 e. The number of nitrogens with zero attached hydrogens (tertiary/aromatic N) is 4. The first-order chi connectivity index (χ1) is 13.4. The molecule has 0 aliphatic carbocycles. The Morgan fingerprint density at radius 1 is 1.36 bits per heavy atom. The lowest BCUT2D eigenvalue weighted by Crippen LogP contribution is -2.38. The largest absolute Gasteiger partial charge is 0.387 e. The summed E-state index contributed by atoms with van der Waals surface area (Å²) in [6.45, 7) is 0.906. The fraction of sp³-hybridized carbons (Fsp3) is 0.389. The quantitative estimate of drug-likeness (QED) is 0.734. The van der Waals surface area contributed by atoms with Crippen molar-refractivity contribution in [2.75, 3.05) is 20.1 Å². The van der Waals surface area contributed by atoms with Crippen LogP contribution in [0.2, 0.25) is 0 Å². The third kappa shape index (κ3) is 3.54. The van der Waals surface area contributed by atoms with Gasteiger partial charge in [-0.05, 0) is 23.6 Å². The minimum atomic E-state index is -3.54. The molecule has 2 aliphatic heterocycles. The average Bonchev–Trinajstić information content (AvgIpc) is 3.44. The highest BCUT2D eigenvalue weighted by molar-refractivity contribution is 7.91. The molecule has 0 unspecified atom stereocenters. The molecule has 148 valence electrons. The van der Waals surface area contributed by atoms with Gasteiger partial charge in [0.1, 0.15) is 9.92 Å². The molecule has 4 rings (SSSR count). The van der Waals surface area contributed by atoms with Gasteiger partial charge in [0.2, 0.25) is 0 Å². The van der Waals surface area contributed by atoms with Crippen molar-refractivity contribution in [1.29, 1.82) is 0 Å². The Morgan fingerprint density at radius 2 is 2.21 bits per heavy atom. The van der Waals surface area contributed by atoms with Gasteiger partial charge in [0.25, 0.3) is 15.9 Å². The molecule has 1 atom stereocenters. The van der Waals surface area contributed by atoms with E-state index >= 15 is 0 Å². The lowest BCUT2D eigenvalue weighted by atomic mass is 9.96. The van der Waals surface area contributed by atoms with E-state index in [0.717, 1.165) is 5.69 Å². The zero-order chi connectivity index (χ0) is 19.8. The Labute approximate surface area is 167 Å². The van der Waals surface area contributed by atoms with Crippen LogP contribution in [0.1, 0.15) is 18.5 Å². The van der Waals surface area contributed by atoms with E-state index in [9.17, 15) is 13.2 Å². The van der Waals surface area contributed by atoms with E-state index in [4.69, 9.17) is 4.84 Å². The summed E-state index contributed by atoms with van der Waals surface area (Å²) in [5.74, 6) is -0.234. The number of sulfonamides is 1. The molecule has 0 N–H and O–H groups in total. The van der Waals surface area contributed by atoms with E-state index in [2.05, 4.69) is 10.1 Å². The average molecular weight is 421 g/mol. The zero-order valence-corrected chi connectivity index (χ0v) is 16.9. The molecule has 1 saturated heterocycles. The molecular weight excluding hydrogens is 400 g/mol. The second-order valence-electron chi connectivity index (χ2n) is 6.99. The Hall–Kier alpha value is -2.30. The fourth-order valence-corrected chi connectivity index (χ4v) is 6.09. The number of carbonyl (C=O) groups excluding carboxylic acids is 1. The summed E-state index contributed by atoms with van der Waals surface area (Å²) in [7, 11) is -1.85. The van der Waals surface area contributed by atoms with Gasteiger partial charge >= 0.3 is 0 Å². The molecule has 2 aliphatic rings. The summed E-state index contributed by atoms with van der Waals surface area (Å²) >= 11 is 1.19. The SMILES string of the molecule is CN(Cc1ccccn1)C(=O)C1=NO[C@]2(CCN(S(=O)(=O)c3cccs3)C2)C1. The Bertz CT molecular complexity index is 992. The van der Waals surface area contributed by atoms with Crippen LogP contribution in [-0.4, -0.2) is 60.0 Å². The van der Waals surface area contributed by atoms with Gasteiger partial charge in [-0.15, -0.1) is 11.3 Å². The van der Waals surface area contributed by atoms with Crippen LogP contribution < -0.4 is 0 Å². The standard InChI is InChI=1S/C18H20N4O4S2/c1-21(12-14-5-2-3-8-19-14)17(23)15-11-18(26-20-15)7-9-22(13-18)28(24,25)16-6-4-10-27-16/h2-6,8,10H,7,9,11-13H2,1H3/t18-/m1/s1. The van der Waals surface area contributed by atoms with Crippen molar-refractivity contribution in [1.82, 2.24) is 14.2 Å². The molecule has 0 saturated carbocycles. The number of oxime groups is 1. The molecule has 0 aromatic carbocycles. The summed E-state index contributed by atoms with van der Waals surface area (Å²) in [5.41, 5.74) is 0.330. The Morgan fingerprint density at radius 3 is 2.93 bits per heavy atom. The highest BCUT2D eigenvalue weighted by Crippen LogP contribution is 2.37. The van der Waals surface area contributed by atoms with Crippen LogP contribution in [0.5, 0.6) is 0 Å². The van der Waals surface area contributed by atoms with Gasteiger partial charge in [0.05, 0.1) is 18.8 Å². The predicted octanol–water partition coefficient (Wildman–Crippen LogP) is 1.71. The molecular formula is C18H20N4O4S2. The number of aromatic nitrogens is 1. The molecule has 4 heterocycles. The van der Waals surface area contributed by atoms with Crippen LogP contribution >= 0.6 is 11.3 Å². The molecule has 1 spiro atoms. The number of rotatable bonds is 5. The predicted molar refractivity (Wildman–Crippen MR) is 104 cm³/mol. The van der Waals surface area contributed by atoms with Crippen LogP contribution in [0.25, 0.3) is 0 Å². The summed E-state index contributed by atoms with van der Waals surface area (Å²) in [6.07, 6.45) is 2.48. The number of hydrogen-bond donors (Lipinski definition) is 0. The molecule has 2 aromatic heterocycles. The minimum absolute atomic E-state index is 0.192. The third-order valence-electron chi connectivity index (χ3n) is 4.93. The Kier molecular flexibility index (Phi) is 4.94. The maximum absolute atomic E-state index is 12.7. The van der Waals surface area contributed by atoms with Crippen LogP contribution in [0.3, 0.4) is 0 Å². The van der Waals surface area contributed by atoms with Crippen LogP contribution in [-0.2, 0) is 26.2 Å². The normalized spacial score (nSPS) is 22.2. The van der Waals surface area contributed by atoms with E-state index in [1.165, 1.54) is 15.6 Å².